The highest BCUT2D eigenvalue weighted by atomic mass is 79.9. The van der Waals surface area contributed by atoms with Crippen LogP contribution in [0.15, 0.2) is 41.4 Å². The molecule has 1 aromatic carbocycles. The van der Waals surface area contributed by atoms with E-state index in [0.29, 0.717) is 10.0 Å². The molecule has 3 N–H and O–H groups in total. The molecule has 88 valence electrons. The molecule has 0 fully saturated rings. The molecule has 1 aromatic heterocycles. The molecule has 4 nitrogen and oxygen atoms in total. The molecule has 0 aliphatic rings. The van der Waals surface area contributed by atoms with Gasteiger partial charge in [-0.2, -0.15) is 0 Å². The summed E-state index contributed by atoms with van der Waals surface area (Å²) in [6.07, 6.45) is 4.70. The lowest BCUT2D eigenvalue weighted by Crippen LogP contribution is -2.29. The largest absolute Gasteiger partial charge is 0.271 e. The average Bonchev–Trinajstić information content (AvgIpc) is 2.37. The summed E-state index contributed by atoms with van der Waals surface area (Å²) in [6, 6.07) is 4.43. The predicted molar refractivity (Wildman–Crippen MR) is 65.3 cm³/mol. The number of benzene rings is 1. The van der Waals surface area contributed by atoms with Crippen LogP contribution in [-0.2, 0) is 0 Å². The standard InChI is InChI=1S/C11H10BrFN4/c12-10-8(2-1-3-9(10)13)11(17-14)7-4-15-6-16-5-7/h1-6,11,17H,14H2. The van der Waals surface area contributed by atoms with Crippen LogP contribution in [0.25, 0.3) is 0 Å². The number of hydrogen-bond donors (Lipinski definition) is 2. The Morgan fingerprint density at radius 1 is 1.29 bits per heavy atom. The van der Waals surface area contributed by atoms with E-state index in [2.05, 4.69) is 31.3 Å². The monoisotopic (exact) mass is 296 g/mol. The molecule has 0 aliphatic heterocycles. The van der Waals surface area contributed by atoms with Crippen molar-refractivity contribution in [1.82, 2.24) is 15.4 Å². The fourth-order valence-corrected chi connectivity index (χ4v) is 2.06. The normalized spacial score (nSPS) is 12.4. The predicted octanol–water partition coefficient (Wildman–Crippen LogP) is 1.93. The lowest BCUT2D eigenvalue weighted by Gasteiger charge is -2.17. The number of nitrogens with two attached hydrogens (primary N) is 1. The summed E-state index contributed by atoms with van der Waals surface area (Å²) in [5.41, 5.74) is 4.09. The van der Waals surface area contributed by atoms with E-state index in [1.165, 1.54) is 12.4 Å². The van der Waals surface area contributed by atoms with Crippen LogP contribution >= 0.6 is 15.9 Å². The van der Waals surface area contributed by atoms with Gasteiger partial charge in [0.1, 0.15) is 12.1 Å². The van der Waals surface area contributed by atoms with E-state index in [4.69, 9.17) is 5.84 Å². The number of nitrogens with zero attached hydrogens (tertiary/aromatic N) is 2. The van der Waals surface area contributed by atoms with E-state index in [-0.39, 0.29) is 11.9 Å². The fraction of sp³-hybridized carbons (Fsp3) is 0.0909. The van der Waals surface area contributed by atoms with Crippen LogP contribution in [0, 0.1) is 5.82 Å². The van der Waals surface area contributed by atoms with Crippen molar-refractivity contribution in [1.29, 1.82) is 0 Å². The van der Waals surface area contributed by atoms with Gasteiger partial charge in [0, 0.05) is 18.0 Å². The van der Waals surface area contributed by atoms with Crippen molar-refractivity contribution in [3.63, 3.8) is 0 Å². The molecule has 6 heteroatoms. The van der Waals surface area contributed by atoms with Gasteiger partial charge in [-0.15, -0.1) is 0 Å². The number of hydrogen-bond acceptors (Lipinski definition) is 4. The molecule has 0 saturated heterocycles. The second-order valence-electron chi connectivity index (χ2n) is 3.41. The molecule has 1 atom stereocenters. The number of nitrogens with one attached hydrogen (secondary N) is 1. The summed E-state index contributed by atoms with van der Waals surface area (Å²) in [5, 5.41) is 0. The second kappa shape index (κ2) is 5.31. The molecule has 17 heavy (non-hydrogen) atoms. The summed E-state index contributed by atoms with van der Waals surface area (Å²) >= 11 is 3.21. The molecule has 1 unspecified atom stereocenters. The van der Waals surface area contributed by atoms with Crippen molar-refractivity contribution in [3.8, 4) is 0 Å². The topological polar surface area (TPSA) is 63.8 Å². The maximum atomic E-state index is 13.4. The van der Waals surface area contributed by atoms with Gasteiger partial charge in [0.05, 0.1) is 10.5 Å². The van der Waals surface area contributed by atoms with Gasteiger partial charge in [0.15, 0.2) is 0 Å². The highest BCUT2D eigenvalue weighted by Gasteiger charge is 2.17. The van der Waals surface area contributed by atoms with Gasteiger partial charge in [-0.3, -0.25) is 5.84 Å². The summed E-state index contributed by atoms with van der Waals surface area (Å²) in [6.45, 7) is 0. The summed E-state index contributed by atoms with van der Waals surface area (Å²) in [5.74, 6) is 5.17. The SMILES string of the molecule is NNC(c1cncnc1)c1cccc(F)c1Br. The van der Waals surface area contributed by atoms with Gasteiger partial charge in [-0.25, -0.2) is 19.8 Å². The first-order valence-corrected chi connectivity index (χ1v) is 5.68. The molecular weight excluding hydrogens is 287 g/mol. The summed E-state index contributed by atoms with van der Waals surface area (Å²) in [7, 11) is 0. The molecule has 0 amide bonds. The summed E-state index contributed by atoms with van der Waals surface area (Å²) in [4.78, 5) is 7.83. The van der Waals surface area contributed by atoms with Crippen molar-refractivity contribution >= 4 is 15.9 Å². The average molecular weight is 297 g/mol. The zero-order chi connectivity index (χ0) is 12.3. The molecule has 0 bridgehead atoms. The first-order valence-electron chi connectivity index (χ1n) is 4.89. The smallest absolute Gasteiger partial charge is 0.137 e. The molecule has 0 radical (unpaired) electrons. The van der Waals surface area contributed by atoms with Gasteiger partial charge in [-0.05, 0) is 27.6 Å². The Labute approximate surface area is 106 Å². The first-order chi connectivity index (χ1) is 8.24. The number of hydrazine groups is 1. The minimum atomic E-state index is -0.360. The van der Waals surface area contributed by atoms with Crippen LogP contribution < -0.4 is 11.3 Å². The van der Waals surface area contributed by atoms with Crippen molar-refractivity contribution < 1.29 is 4.39 Å². The van der Waals surface area contributed by atoms with E-state index in [1.807, 2.05) is 0 Å². The van der Waals surface area contributed by atoms with Gasteiger partial charge in [0.2, 0.25) is 0 Å². The van der Waals surface area contributed by atoms with E-state index >= 15 is 0 Å². The van der Waals surface area contributed by atoms with Crippen molar-refractivity contribution in [2.75, 3.05) is 0 Å². The van der Waals surface area contributed by atoms with Gasteiger partial charge in [0.25, 0.3) is 0 Å². The summed E-state index contributed by atoms with van der Waals surface area (Å²) < 4.78 is 13.8. The van der Waals surface area contributed by atoms with Gasteiger partial charge < -0.3 is 0 Å². The maximum absolute atomic E-state index is 13.4. The Bertz CT molecular complexity index is 506. The van der Waals surface area contributed by atoms with Crippen LogP contribution in [0.5, 0.6) is 0 Å². The molecule has 1 heterocycles. The van der Waals surface area contributed by atoms with Crippen LogP contribution in [-0.4, -0.2) is 9.97 Å². The number of halogens is 2. The molecule has 2 rings (SSSR count). The zero-order valence-electron chi connectivity index (χ0n) is 8.77. The Morgan fingerprint density at radius 3 is 2.65 bits per heavy atom. The molecule has 0 aliphatic carbocycles. The van der Waals surface area contributed by atoms with Crippen LogP contribution in [0.1, 0.15) is 17.2 Å². The maximum Gasteiger partial charge on any atom is 0.137 e. The van der Waals surface area contributed by atoms with E-state index in [9.17, 15) is 4.39 Å². The van der Waals surface area contributed by atoms with E-state index in [0.717, 1.165) is 5.56 Å². The molecule has 2 aromatic rings. The third-order valence-electron chi connectivity index (χ3n) is 2.37. The third-order valence-corrected chi connectivity index (χ3v) is 3.21. The number of rotatable bonds is 3. The quantitative estimate of drug-likeness (QED) is 0.671. The minimum Gasteiger partial charge on any atom is -0.271 e. The van der Waals surface area contributed by atoms with Crippen LogP contribution in [0.2, 0.25) is 0 Å². The molecule has 0 saturated carbocycles. The lowest BCUT2D eigenvalue weighted by atomic mass is 10.0. The van der Waals surface area contributed by atoms with E-state index < -0.39 is 0 Å². The van der Waals surface area contributed by atoms with Crippen LogP contribution in [0.3, 0.4) is 0 Å². The van der Waals surface area contributed by atoms with Crippen molar-refractivity contribution in [2.24, 2.45) is 5.84 Å². The zero-order valence-corrected chi connectivity index (χ0v) is 10.4. The lowest BCUT2D eigenvalue weighted by molar-refractivity contribution is 0.595. The van der Waals surface area contributed by atoms with Crippen molar-refractivity contribution in [2.45, 2.75) is 6.04 Å². The van der Waals surface area contributed by atoms with E-state index in [1.54, 1.807) is 24.5 Å². The Balaban J connectivity index is 2.46. The first kappa shape index (κ1) is 12.1. The molecular formula is C11H10BrFN4. The number of aromatic nitrogens is 2. The Hall–Kier alpha value is -1.37. The minimum absolute atomic E-state index is 0.334. The van der Waals surface area contributed by atoms with Crippen LogP contribution in [0.4, 0.5) is 4.39 Å². The third kappa shape index (κ3) is 2.49. The highest BCUT2D eigenvalue weighted by Crippen LogP contribution is 2.29. The Morgan fingerprint density at radius 2 is 2.00 bits per heavy atom. The van der Waals surface area contributed by atoms with Gasteiger partial charge >= 0.3 is 0 Å². The second-order valence-corrected chi connectivity index (χ2v) is 4.21. The van der Waals surface area contributed by atoms with Gasteiger partial charge in [-0.1, -0.05) is 12.1 Å². The molecule has 0 spiro atoms. The Kier molecular flexibility index (Phi) is 3.78. The fourth-order valence-electron chi connectivity index (χ4n) is 1.57. The van der Waals surface area contributed by atoms with Crippen molar-refractivity contribution in [3.05, 3.63) is 58.3 Å². The highest BCUT2D eigenvalue weighted by molar-refractivity contribution is 9.10.